The number of benzene rings is 1. The van der Waals surface area contributed by atoms with Crippen molar-refractivity contribution in [2.45, 2.75) is 52.9 Å². The van der Waals surface area contributed by atoms with Crippen molar-refractivity contribution in [3.05, 3.63) is 62.6 Å². The molecule has 0 bridgehead atoms. The molecule has 1 atom stereocenters. The van der Waals surface area contributed by atoms with Crippen molar-refractivity contribution in [1.29, 1.82) is 0 Å². The third-order valence-corrected chi connectivity index (χ3v) is 6.66. The van der Waals surface area contributed by atoms with Gasteiger partial charge in [0.2, 0.25) is 5.91 Å². The molecule has 1 fully saturated rings. The summed E-state index contributed by atoms with van der Waals surface area (Å²) < 4.78 is 1.70. The molecule has 1 amide bonds. The number of aromatic nitrogens is 3. The number of aromatic amines is 1. The molecule has 1 aliphatic heterocycles. The van der Waals surface area contributed by atoms with E-state index in [-0.39, 0.29) is 11.5 Å². The Bertz CT molecular complexity index is 1160. The zero-order valence-electron chi connectivity index (χ0n) is 19.0. The molecule has 0 saturated carbocycles. The van der Waals surface area contributed by atoms with E-state index in [1.165, 1.54) is 11.1 Å². The number of rotatable bonds is 5. The second-order valence-electron chi connectivity index (χ2n) is 9.03. The van der Waals surface area contributed by atoms with E-state index >= 15 is 0 Å². The van der Waals surface area contributed by atoms with Gasteiger partial charge in [-0.15, -0.1) is 0 Å². The SMILES string of the molecule is Cc1ccc(CC2CCCN(C(=O)CCc3c(C)c4c(C)nn(C)c4[nH]c3=O)C2)cc1. The summed E-state index contributed by atoms with van der Waals surface area (Å²) in [6.45, 7) is 7.64. The van der Waals surface area contributed by atoms with Crippen LogP contribution in [0.1, 0.15) is 47.2 Å². The summed E-state index contributed by atoms with van der Waals surface area (Å²) in [5.41, 5.74) is 5.77. The zero-order valence-corrected chi connectivity index (χ0v) is 19.0. The summed E-state index contributed by atoms with van der Waals surface area (Å²) >= 11 is 0. The summed E-state index contributed by atoms with van der Waals surface area (Å²) in [6, 6.07) is 8.70. The van der Waals surface area contributed by atoms with Gasteiger partial charge in [-0.1, -0.05) is 29.8 Å². The number of aryl methyl sites for hydroxylation is 4. The van der Waals surface area contributed by atoms with Gasteiger partial charge in [-0.05, 0) is 63.5 Å². The molecule has 2 aromatic heterocycles. The Morgan fingerprint density at radius 3 is 2.68 bits per heavy atom. The molecule has 0 spiro atoms. The topological polar surface area (TPSA) is 71.0 Å². The molecule has 1 unspecified atom stereocenters. The second-order valence-corrected chi connectivity index (χ2v) is 9.03. The molecule has 6 nitrogen and oxygen atoms in total. The first kappa shape index (κ1) is 21.3. The van der Waals surface area contributed by atoms with Gasteiger partial charge in [0.25, 0.3) is 5.56 Å². The van der Waals surface area contributed by atoms with Crippen molar-refractivity contribution in [3.63, 3.8) is 0 Å². The Morgan fingerprint density at radius 1 is 1.19 bits per heavy atom. The molecule has 4 rings (SSSR count). The van der Waals surface area contributed by atoms with Crippen LogP contribution in [0.2, 0.25) is 0 Å². The van der Waals surface area contributed by atoms with E-state index in [1.54, 1.807) is 4.68 Å². The van der Waals surface area contributed by atoms with E-state index in [0.717, 1.165) is 54.6 Å². The summed E-state index contributed by atoms with van der Waals surface area (Å²) in [7, 11) is 1.83. The van der Waals surface area contributed by atoms with Gasteiger partial charge in [0, 0.05) is 37.5 Å². The third kappa shape index (κ3) is 4.43. The van der Waals surface area contributed by atoms with Crippen LogP contribution in [-0.2, 0) is 24.7 Å². The highest BCUT2D eigenvalue weighted by Gasteiger charge is 2.24. The lowest BCUT2D eigenvalue weighted by Crippen LogP contribution is -2.40. The standard InChI is InChI=1S/C25H32N4O2/c1-16-7-9-19(10-8-16)14-20-6-5-13-29(15-20)22(30)12-11-21-17(2)23-18(3)27-28(4)24(23)26-25(21)31/h7-10,20H,5-6,11-15H2,1-4H3,(H,26,31). The predicted octanol–water partition coefficient (Wildman–Crippen LogP) is 3.60. The monoisotopic (exact) mass is 420 g/mol. The molecule has 31 heavy (non-hydrogen) atoms. The van der Waals surface area contributed by atoms with Crippen molar-refractivity contribution in [1.82, 2.24) is 19.7 Å². The number of amides is 1. The van der Waals surface area contributed by atoms with Crippen LogP contribution in [-0.4, -0.2) is 38.7 Å². The fourth-order valence-electron chi connectivity index (χ4n) is 4.96. The van der Waals surface area contributed by atoms with Crippen LogP contribution in [0, 0.1) is 26.7 Å². The van der Waals surface area contributed by atoms with E-state index in [2.05, 4.69) is 41.3 Å². The zero-order chi connectivity index (χ0) is 22.1. The highest BCUT2D eigenvalue weighted by Crippen LogP contribution is 2.24. The lowest BCUT2D eigenvalue weighted by molar-refractivity contribution is -0.132. The van der Waals surface area contributed by atoms with Crippen LogP contribution in [0.3, 0.4) is 0 Å². The van der Waals surface area contributed by atoms with Crippen LogP contribution < -0.4 is 5.56 Å². The Morgan fingerprint density at radius 2 is 1.94 bits per heavy atom. The van der Waals surface area contributed by atoms with E-state index in [0.29, 0.717) is 24.3 Å². The molecule has 1 aromatic carbocycles. The smallest absolute Gasteiger partial charge is 0.253 e. The maximum absolute atomic E-state index is 13.0. The van der Waals surface area contributed by atoms with Crippen LogP contribution in [0.15, 0.2) is 29.1 Å². The Kier molecular flexibility index (Phi) is 5.99. The summed E-state index contributed by atoms with van der Waals surface area (Å²) in [6.07, 6.45) is 4.05. The molecule has 3 aromatic rings. The van der Waals surface area contributed by atoms with Gasteiger partial charge in [0.15, 0.2) is 0 Å². The normalized spacial score (nSPS) is 16.8. The third-order valence-electron chi connectivity index (χ3n) is 6.66. The number of hydrogen-bond donors (Lipinski definition) is 1. The Balaban J connectivity index is 1.42. The number of fused-ring (bicyclic) bond motifs is 1. The summed E-state index contributed by atoms with van der Waals surface area (Å²) in [5, 5.41) is 5.41. The van der Waals surface area contributed by atoms with E-state index in [4.69, 9.17) is 0 Å². The fourth-order valence-corrected chi connectivity index (χ4v) is 4.96. The van der Waals surface area contributed by atoms with Gasteiger partial charge in [-0.25, -0.2) is 0 Å². The molecule has 6 heteroatoms. The fraction of sp³-hybridized carbons (Fsp3) is 0.480. The molecule has 1 saturated heterocycles. The molecule has 164 valence electrons. The lowest BCUT2D eigenvalue weighted by Gasteiger charge is -2.33. The van der Waals surface area contributed by atoms with E-state index < -0.39 is 0 Å². The quantitative estimate of drug-likeness (QED) is 0.686. The largest absolute Gasteiger partial charge is 0.342 e. The van der Waals surface area contributed by atoms with Gasteiger partial charge in [-0.2, -0.15) is 5.10 Å². The first-order valence-electron chi connectivity index (χ1n) is 11.2. The van der Waals surface area contributed by atoms with Gasteiger partial charge in [0.1, 0.15) is 5.65 Å². The van der Waals surface area contributed by atoms with Crippen molar-refractivity contribution in [2.75, 3.05) is 13.1 Å². The number of carbonyl (C=O) groups is 1. The van der Waals surface area contributed by atoms with Crippen LogP contribution >= 0.6 is 0 Å². The Labute approximate surface area is 183 Å². The number of carbonyl (C=O) groups excluding carboxylic acids is 1. The number of piperidine rings is 1. The maximum Gasteiger partial charge on any atom is 0.253 e. The number of hydrogen-bond acceptors (Lipinski definition) is 3. The first-order chi connectivity index (χ1) is 14.8. The van der Waals surface area contributed by atoms with Gasteiger partial charge < -0.3 is 9.88 Å². The van der Waals surface area contributed by atoms with Crippen LogP contribution in [0.5, 0.6) is 0 Å². The minimum atomic E-state index is -0.114. The molecule has 3 heterocycles. The predicted molar refractivity (Wildman–Crippen MR) is 123 cm³/mol. The molecule has 0 aliphatic carbocycles. The maximum atomic E-state index is 13.0. The summed E-state index contributed by atoms with van der Waals surface area (Å²) in [5.74, 6) is 0.648. The minimum absolute atomic E-state index is 0.114. The van der Waals surface area contributed by atoms with Crippen molar-refractivity contribution >= 4 is 16.9 Å². The van der Waals surface area contributed by atoms with Crippen LogP contribution in [0.25, 0.3) is 11.0 Å². The number of nitrogens with one attached hydrogen (secondary N) is 1. The minimum Gasteiger partial charge on any atom is -0.342 e. The lowest BCUT2D eigenvalue weighted by atomic mass is 9.90. The molecular weight excluding hydrogens is 388 g/mol. The second kappa shape index (κ2) is 8.69. The van der Waals surface area contributed by atoms with Crippen molar-refractivity contribution < 1.29 is 4.79 Å². The first-order valence-corrected chi connectivity index (χ1v) is 11.2. The van der Waals surface area contributed by atoms with Gasteiger partial charge in [0.05, 0.1) is 5.69 Å². The average Bonchev–Trinajstić information content (AvgIpc) is 3.02. The van der Waals surface area contributed by atoms with Crippen molar-refractivity contribution in [2.24, 2.45) is 13.0 Å². The van der Waals surface area contributed by atoms with Crippen molar-refractivity contribution in [3.8, 4) is 0 Å². The highest BCUT2D eigenvalue weighted by atomic mass is 16.2. The Hall–Kier alpha value is -2.89. The van der Waals surface area contributed by atoms with Gasteiger partial charge in [-0.3, -0.25) is 14.3 Å². The number of H-pyrrole nitrogens is 1. The number of nitrogens with zero attached hydrogens (tertiary/aromatic N) is 3. The van der Waals surface area contributed by atoms with E-state index in [1.807, 2.05) is 25.8 Å². The molecule has 0 radical (unpaired) electrons. The summed E-state index contributed by atoms with van der Waals surface area (Å²) in [4.78, 5) is 30.6. The van der Waals surface area contributed by atoms with E-state index in [9.17, 15) is 9.59 Å². The van der Waals surface area contributed by atoms with Gasteiger partial charge >= 0.3 is 0 Å². The molecule has 1 N–H and O–H groups in total. The number of pyridine rings is 1. The number of likely N-dealkylation sites (tertiary alicyclic amines) is 1. The molecule has 1 aliphatic rings. The average molecular weight is 421 g/mol. The highest BCUT2D eigenvalue weighted by molar-refractivity contribution is 5.83. The van der Waals surface area contributed by atoms with Crippen LogP contribution in [0.4, 0.5) is 0 Å². The molecular formula is C25H32N4O2.